The Balaban J connectivity index is 2.70. The SMILES string of the molecule is CNC(=O)Nc1ccc(OCCCl)c(Cl)c1. The lowest BCUT2D eigenvalue weighted by molar-refractivity contribution is 0.254. The molecule has 1 rings (SSSR count). The van der Waals surface area contributed by atoms with E-state index in [1.807, 2.05) is 0 Å². The van der Waals surface area contributed by atoms with Gasteiger partial charge in [-0.15, -0.1) is 11.6 Å². The van der Waals surface area contributed by atoms with Crippen LogP contribution in [0.2, 0.25) is 5.02 Å². The molecule has 0 aromatic heterocycles. The topological polar surface area (TPSA) is 50.4 Å². The summed E-state index contributed by atoms with van der Waals surface area (Å²) in [5.74, 6) is 0.943. The molecule has 0 saturated heterocycles. The lowest BCUT2D eigenvalue weighted by Crippen LogP contribution is -2.24. The monoisotopic (exact) mass is 262 g/mol. The Morgan fingerprint density at radius 1 is 1.50 bits per heavy atom. The molecule has 0 saturated carbocycles. The number of urea groups is 1. The summed E-state index contributed by atoms with van der Waals surface area (Å²) >= 11 is 11.4. The van der Waals surface area contributed by atoms with Gasteiger partial charge in [0.05, 0.1) is 10.9 Å². The van der Waals surface area contributed by atoms with Crippen LogP contribution in [0.25, 0.3) is 0 Å². The first-order chi connectivity index (χ1) is 7.67. The zero-order valence-electron chi connectivity index (χ0n) is 8.72. The third-order valence-electron chi connectivity index (χ3n) is 1.75. The highest BCUT2D eigenvalue weighted by Crippen LogP contribution is 2.27. The average Bonchev–Trinajstić information content (AvgIpc) is 2.28. The molecule has 88 valence electrons. The summed E-state index contributed by atoms with van der Waals surface area (Å²) in [6.45, 7) is 0.392. The van der Waals surface area contributed by atoms with E-state index >= 15 is 0 Å². The summed E-state index contributed by atoms with van der Waals surface area (Å²) in [5.41, 5.74) is 0.600. The van der Waals surface area contributed by atoms with Gasteiger partial charge in [-0.3, -0.25) is 0 Å². The van der Waals surface area contributed by atoms with E-state index in [4.69, 9.17) is 27.9 Å². The molecular formula is C10H12Cl2N2O2. The van der Waals surface area contributed by atoms with Gasteiger partial charge < -0.3 is 15.4 Å². The van der Waals surface area contributed by atoms with Gasteiger partial charge in [-0.25, -0.2) is 4.79 Å². The molecule has 2 N–H and O–H groups in total. The third-order valence-corrected chi connectivity index (χ3v) is 2.20. The average molecular weight is 263 g/mol. The maximum Gasteiger partial charge on any atom is 0.318 e. The molecule has 0 bridgehead atoms. The van der Waals surface area contributed by atoms with Gasteiger partial charge in [0.2, 0.25) is 0 Å². The molecule has 2 amide bonds. The molecule has 0 unspecified atom stereocenters. The molecule has 1 aromatic rings. The quantitative estimate of drug-likeness (QED) is 0.820. The molecule has 0 spiro atoms. The van der Waals surface area contributed by atoms with Gasteiger partial charge in [0, 0.05) is 12.7 Å². The van der Waals surface area contributed by atoms with Crippen molar-refractivity contribution in [3.05, 3.63) is 23.2 Å². The summed E-state index contributed by atoms with van der Waals surface area (Å²) in [7, 11) is 1.54. The molecule has 0 heterocycles. The maximum atomic E-state index is 11.0. The second-order valence-corrected chi connectivity index (χ2v) is 3.67. The maximum absolute atomic E-state index is 11.0. The number of carbonyl (C=O) groups is 1. The molecule has 6 heteroatoms. The number of rotatable bonds is 4. The molecule has 16 heavy (non-hydrogen) atoms. The van der Waals surface area contributed by atoms with Crippen LogP contribution in [-0.4, -0.2) is 25.6 Å². The highest BCUT2D eigenvalue weighted by Gasteiger charge is 2.04. The molecule has 0 aliphatic carbocycles. The summed E-state index contributed by atoms with van der Waals surface area (Å²) in [4.78, 5) is 11.0. The highest BCUT2D eigenvalue weighted by atomic mass is 35.5. The lowest BCUT2D eigenvalue weighted by atomic mass is 10.3. The Hall–Kier alpha value is -1.13. The zero-order valence-corrected chi connectivity index (χ0v) is 10.2. The van der Waals surface area contributed by atoms with Crippen molar-refractivity contribution in [3.8, 4) is 5.75 Å². The van der Waals surface area contributed by atoms with Crippen LogP contribution in [0.3, 0.4) is 0 Å². The van der Waals surface area contributed by atoms with Crippen molar-refractivity contribution in [3.63, 3.8) is 0 Å². The normalized spacial score (nSPS) is 9.69. The van der Waals surface area contributed by atoms with Crippen LogP contribution >= 0.6 is 23.2 Å². The van der Waals surface area contributed by atoms with Crippen molar-refractivity contribution in [1.29, 1.82) is 0 Å². The van der Waals surface area contributed by atoms with Gasteiger partial charge in [-0.1, -0.05) is 11.6 Å². The van der Waals surface area contributed by atoms with Crippen molar-refractivity contribution in [2.45, 2.75) is 0 Å². The number of hydrogen-bond acceptors (Lipinski definition) is 2. The number of ether oxygens (including phenoxy) is 1. The molecule has 0 radical (unpaired) electrons. The van der Waals surface area contributed by atoms with Crippen molar-refractivity contribution in [2.24, 2.45) is 0 Å². The number of alkyl halides is 1. The van der Waals surface area contributed by atoms with Crippen LogP contribution in [0, 0.1) is 0 Å². The molecule has 0 aliphatic rings. The van der Waals surface area contributed by atoms with E-state index in [0.29, 0.717) is 28.9 Å². The first-order valence-corrected chi connectivity index (χ1v) is 5.55. The Kier molecular flexibility index (Phi) is 5.22. The Morgan fingerprint density at radius 2 is 2.25 bits per heavy atom. The number of anilines is 1. The number of benzene rings is 1. The standard InChI is InChI=1S/C10H12Cl2N2O2/c1-13-10(15)14-7-2-3-9(8(12)6-7)16-5-4-11/h2-3,6H,4-5H2,1H3,(H2,13,14,15). The molecule has 1 aromatic carbocycles. The number of carbonyl (C=O) groups excluding carboxylic acids is 1. The third kappa shape index (κ3) is 3.79. The van der Waals surface area contributed by atoms with Crippen molar-refractivity contribution in [2.75, 3.05) is 24.9 Å². The fraction of sp³-hybridized carbons (Fsp3) is 0.300. The van der Waals surface area contributed by atoms with Crippen LogP contribution in [-0.2, 0) is 0 Å². The van der Waals surface area contributed by atoms with Gasteiger partial charge >= 0.3 is 6.03 Å². The Morgan fingerprint density at radius 3 is 2.81 bits per heavy atom. The van der Waals surface area contributed by atoms with Crippen LogP contribution in [0.15, 0.2) is 18.2 Å². The van der Waals surface area contributed by atoms with Gasteiger partial charge in [-0.2, -0.15) is 0 Å². The second-order valence-electron chi connectivity index (χ2n) is 2.89. The number of halogens is 2. The largest absolute Gasteiger partial charge is 0.491 e. The molecule has 0 aliphatic heterocycles. The van der Waals surface area contributed by atoms with E-state index in [9.17, 15) is 4.79 Å². The minimum absolute atomic E-state index is 0.300. The molecule has 0 fully saturated rings. The van der Waals surface area contributed by atoms with Crippen LogP contribution in [0.4, 0.5) is 10.5 Å². The minimum atomic E-state index is -0.300. The van der Waals surface area contributed by atoms with Crippen molar-refractivity contribution in [1.82, 2.24) is 5.32 Å². The van der Waals surface area contributed by atoms with Gasteiger partial charge in [0.15, 0.2) is 0 Å². The van der Waals surface area contributed by atoms with E-state index in [1.165, 1.54) is 7.05 Å². The molecule has 4 nitrogen and oxygen atoms in total. The fourth-order valence-corrected chi connectivity index (χ4v) is 1.35. The zero-order chi connectivity index (χ0) is 12.0. The predicted octanol–water partition coefficient (Wildman–Crippen LogP) is 2.71. The first-order valence-electron chi connectivity index (χ1n) is 4.64. The van der Waals surface area contributed by atoms with E-state index in [1.54, 1.807) is 18.2 Å². The van der Waals surface area contributed by atoms with Gasteiger partial charge in [0.25, 0.3) is 0 Å². The van der Waals surface area contributed by atoms with Crippen molar-refractivity contribution < 1.29 is 9.53 Å². The summed E-state index contributed by atoms with van der Waals surface area (Å²) < 4.78 is 5.28. The summed E-state index contributed by atoms with van der Waals surface area (Å²) in [5, 5.41) is 5.47. The van der Waals surface area contributed by atoms with Crippen LogP contribution in [0.5, 0.6) is 5.75 Å². The Labute approximate surface area is 104 Å². The number of hydrogen-bond donors (Lipinski definition) is 2. The molecular weight excluding hydrogens is 251 g/mol. The summed E-state index contributed by atoms with van der Waals surface area (Å²) in [6, 6.07) is 4.69. The second kappa shape index (κ2) is 6.45. The van der Waals surface area contributed by atoms with E-state index in [-0.39, 0.29) is 6.03 Å². The van der Waals surface area contributed by atoms with Crippen LogP contribution < -0.4 is 15.4 Å². The van der Waals surface area contributed by atoms with Crippen molar-refractivity contribution >= 4 is 34.9 Å². The fourth-order valence-electron chi connectivity index (χ4n) is 1.04. The smallest absolute Gasteiger partial charge is 0.318 e. The van der Waals surface area contributed by atoms with E-state index < -0.39 is 0 Å². The minimum Gasteiger partial charge on any atom is -0.491 e. The summed E-state index contributed by atoms with van der Waals surface area (Å²) in [6.07, 6.45) is 0. The lowest BCUT2D eigenvalue weighted by Gasteiger charge is -2.09. The number of nitrogens with one attached hydrogen (secondary N) is 2. The predicted molar refractivity (Wildman–Crippen MR) is 65.7 cm³/mol. The Bertz CT molecular complexity index is 372. The highest BCUT2D eigenvalue weighted by molar-refractivity contribution is 6.32. The van der Waals surface area contributed by atoms with E-state index in [2.05, 4.69) is 10.6 Å². The molecule has 0 atom stereocenters. The number of amides is 2. The first kappa shape index (κ1) is 12.9. The van der Waals surface area contributed by atoms with Gasteiger partial charge in [0.1, 0.15) is 12.4 Å². The van der Waals surface area contributed by atoms with E-state index in [0.717, 1.165) is 0 Å². The van der Waals surface area contributed by atoms with Gasteiger partial charge in [-0.05, 0) is 18.2 Å². The van der Waals surface area contributed by atoms with Crippen LogP contribution in [0.1, 0.15) is 0 Å².